The number of aromatic nitrogens is 1. The number of non-ortho nitro benzene ring substituents is 1. The topological polar surface area (TPSA) is 68.5 Å². The third-order valence-corrected chi connectivity index (χ3v) is 4.09. The molecule has 0 aliphatic heterocycles. The van der Waals surface area contributed by atoms with Crippen molar-refractivity contribution in [1.82, 2.24) is 9.88 Å². The number of para-hydroxylation sites is 1. The zero-order chi connectivity index (χ0) is 18.4. The predicted molar refractivity (Wildman–Crippen MR) is 101 cm³/mol. The van der Waals surface area contributed by atoms with Crippen LogP contribution in [0.15, 0.2) is 60.7 Å². The van der Waals surface area contributed by atoms with Gasteiger partial charge in [0.2, 0.25) is 0 Å². The molecule has 3 rings (SSSR count). The first-order valence-electron chi connectivity index (χ1n) is 8.52. The largest absolute Gasteiger partial charge is 0.494 e. The van der Waals surface area contributed by atoms with Crippen molar-refractivity contribution in [2.45, 2.75) is 13.0 Å². The highest BCUT2D eigenvalue weighted by Crippen LogP contribution is 2.17. The predicted octanol–water partition coefficient (Wildman–Crippen LogP) is 4.04. The van der Waals surface area contributed by atoms with Gasteiger partial charge in [-0.25, -0.2) is 0 Å². The average molecular weight is 351 g/mol. The second-order valence-electron chi connectivity index (χ2n) is 6.19. The van der Waals surface area contributed by atoms with Crippen molar-refractivity contribution in [3.05, 3.63) is 76.5 Å². The summed E-state index contributed by atoms with van der Waals surface area (Å²) in [5.74, 6) is 0.648. The molecule has 0 spiro atoms. The highest BCUT2D eigenvalue weighted by Gasteiger charge is 2.05. The molecule has 0 saturated heterocycles. The van der Waals surface area contributed by atoms with E-state index in [-0.39, 0.29) is 5.69 Å². The Bertz CT molecular complexity index is 881. The number of nitro benzene ring substituents is 1. The number of hydrogen-bond donors (Lipinski definition) is 0. The van der Waals surface area contributed by atoms with E-state index < -0.39 is 4.92 Å². The van der Waals surface area contributed by atoms with Crippen molar-refractivity contribution in [2.75, 3.05) is 20.2 Å². The van der Waals surface area contributed by atoms with E-state index in [0.29, 0.717) is 12.4 Å². The molecule has 0 N–H and O–H groups in total. The van der Waals surface area contributed by atoms with Gasteiger partial charge in [0.05, 0.1) is 22.7 Å². The smallest absolute Gasteiger partial charge is 0.269 e. The number of nitro groups is 1. The number of pyridine rings is 1. The van der Waals surface area contributed by atoms with Gasteiger partial charge in [0, 0.05) is 30.6 Å². The number of ether oxygens (including phenoxy) is 1. The fourth-order valence-electron chi connectivity index (χ4n) is 2.74. The molecule has 0 bridgehead atoms. The summed E-state index contributed by atoms with van der Waals surface area (Å²) in [5, 5.41) is 11.8. The minimum atomic E-state index is -0.417. The van der Waals surface area contributed by atoms with Crippen LogP contribution in [0, 0.1) is 10.1 Å². The van der Waals surface area contributed by atoms with Gasteiger partial charge in [0.15, 0.2) is 0 Å². The maximum absolute atomic E-state index is 10.6. The van der Waals surface area contributed by atoms with Crippen molar-refractivity contribution < 1.29 is 9.66 Å². The summed E-state index contributed by atoms with van der Waals surface area (Å²) in [6.45, 7) is 2.22. The molecule has 0 aliphatic carbocycles. The van der Waals surface area contributed by atoms with Gasteiger partial charge >= 0.3 is 0 Å². The fraction of sp³-hybridized carbons (Fsp3) is 0.250. The number of hydrogen-bond acceptors (Lipinski definition) is 5. The monoisotopic (exact) mass is 351 g/mol. The van der Waals surface area contributed by atoms with Gasteiger partial charge < -0.3 is 9.64 Å². The summed E-state index contributed by atoms with van der Waals surface area (Å²) in [4.78, 5) is 17.1. The Morgan fingerprint density at radius 3 is 2.62 bits per heavy atom. The van der Waals surface area contributed by atoms with Crippen molar-refractivity contribution in [2.24, 2.45) is 0 Å². The Balaban J connectivity index is 1.43. The van der Waals surface area contributed by atoms with Gasteiger partial charge in [-0.2, -0.15) is 0 Å². The van der Waals surface area contributed by atoms with E-state index in [1.165, 1.54) is 12.1 Å². The SMILES string of the molecule is CN(CCCOc1ccc([N+](=O)[O-])cc1)Cc1ccc2ccccc2n1. The summed E-state index contributed by atoms with van der Waals surface area (Å²) in [6, 6.07) is 18.4. The lowest BCUT2D eigenvalue weighted by Gasteiger charge is -2.16. The molecule has 0 radical (unpaired) electrons. The number of benzene rings is 2. The Labute approximate surface area is 152 Å². The summed E-state index contributed by atoms with van der Waals surface area (Å²) >= 11 is 0. The zero-order valence-electron chi connectivity index (χ0n) is 14.7. The molecule has 0 amide bonds. The van der Waals surface area contributed by atoms with Crippen LogP contribution in [-0.4, -0.2) is 35.0 Å². The van der Waals surface area contributed by atoms with Crippen LogP contribution in [0.1, 0.15) is 12.1 Å². The minimum Gasteiger partial charge on any atom is -0.494 e. The van der Waals surface area contributed by atoms with E-state index in [1.807, 2.05) is 18.2 Å². The normalized spacial score (nSPS) is 11.0. The van der Waals surface area contributed by atoms with Crippen molar-refractivity contribution in [3.8, 4) is 5.75 Å². The van der Waals surface area contributed by atoms with Crippen molar-refractivity contribution in [1.29, 1.82) is 0 Å². The van der Waals surface area contributed by atoms with Gasteiger partial charge in [-0.3, -0.25) is 15.1 Å². The second kappa shape index (κ2) is 8.40. The molecule has 6 nitrogen and oxygen atoms in total. The van der Waals surface area contributed by atoms with Gasteiger partial charge in [-0.15, -0.1) is 0 Å². The Hall–Kier alpha value is -2.99. The average Bonchev–Trinajstić information content (AvgIpc) is 2.65. The lowest BCUT2D eigenvalue weighted by Crippen LogP contribution is -2.21. The van der Waals surface area contributed by atoms with Crippen molar-refractivity contribution >= 4 is 16.6 Å². The van der Waals surface area contributed by atoms with Crippen LogP contribution in [-0.2, 0) is 6.54 Å². The summed E-state index contributed by atoms with van der Waals surface area (Å²) < 4.78 is 5.63. The molecule has 1 heterocycles. The summed E-state index contributed by atoms with van der Waals surface area (Å²) in [6.07, 6.45) is 0.862. The van der Waals surface area contributed by atoms with E-state index >= 15 is 0 Å². The molecule has 0 aliphatic rings. The molecule has 26 heavy (non-hydrogen) atoms. The summed E-state index contributed by atoms with van der Waals surface area (Å²) in [7, 11) is 2.06. The number of fused-ring (bicyclic) bond motifs is 1. The Morgan fingerprint density at radius 1 is 1.08 bits per heavy atom. The maximum atomic E-state index is 10.6. The minimum absolute atomic E-state index is 0.0694. The quantitative estimate of drug-likeness (QED) is 0.348. The molecular weight excluding hydrogens is 330 g/mol. The highest BCUT2D eigenvalue weighted by molar-refractivity contribution is 5.78. The lowest BCUT2D eigenvalue weighted by atomic mass is 10.2. The van der Waals surface area contributed by atoms with Crippen molar-refractivity contribution in [3.63, 3.8) is 0 Å². The maximum Gasteiger partial charge on any atom is 0.269 e. The Kier molecular flexibility index (Phi) is 5.76. The molecule has 6 heteroatoms. The van der Waals surface area contributed by atoms with Gasteiger partial charge in [-0.1, -0.05) is 24.3 Å². The fourth-order valence-corrected chi connectivity index (χ4v) is 2.74. The van der Waals surface area contributed by atoms with Gasteiger partial charge in [-0.05, 0) is 37.7 Å². The van der Waals surface area contributed by atoms with Gasteiger partial charge in [0.25, 0.3) is 5.69 Å². The number of nitrogens with zero attached hydrogens (tertiary/aromatic N) is 3. The van der Waals surface area contributed by atoms with Crippen LogP contribution in [0.5, 0.6) is 5.75 Å². The molecule has 3 aromatic rings. The third-order valence-electron chi connectivity index (χ3n) is 4.09. The molecule has 1 aromatic heterocycles. The molecule has 0 unspecified atom stereocenters. The molecular formula is C20H21N3O3. The van der Waals surface area contributed by atoms with E-state index in [4.69, 9.17) is 4.74 Å². The highest BCUT2D eigenvalue weighted by atomic mass is 16.6. The van der Waals surface area contributed by atoms with E-state index in [1.54, 1.807) is 12.1 Å². The first-order valence-corrected chi connectivity index (χ1v) is 8.52. The van der Waals surface area contributed by atoms with Crippen LogP contribution in [0.25, 0.3) is 10.9 Å². The van der Waals surface area contributed by atoms with Crippen LogP contribution < -0.4 is 4.74 Å². The second-order valence-corrected chi connectivity index (χ2v) is 6.19. The molecule has 134 valence electrons. The summed E-state index contributed by atoms with van der Waals surface area (Å²) in [5.41, 5.74) is 2.13. The molecule has 0 atom stereocenters. The molecule has 0 fully saturated rings. The van der Waals surface area contributed by atoms with Crippen LogP contribution in [0.3, 0.4) is 0 Å². The molecule has 0 saturated carbocycles. The first kappa shape index (κ1) is 17.8. The van der Waals surface area contributed by atoms with Crippen LogP contribution in [0.2, 0.25) is 0 Å². The first-order chi connectivity index (χ1) is 12.6. The molecule has 2 aromatic carbocycles. The Morgan fingerprint density at radius 2 is 1.85 bits per heavy atom. The zero-order valence-corrected chi connectivity index (χ0v) is 14.7. The number of rotatable bonds is 8. The van der Waals surface area contributed by atoms with E-state index in [2.05, 4.69) is 35.1 Å². The van der Waals surface area contributed by atoms with Crippen LogP contribution >= 0.6 is 0 Å². The van der Waals surface area contributed by atoms with Gasteiger partial charge in [0.1, 0.15) is 5.75 Å². The van der Waals surface area contributed by atoms with Crippen LogP contribution in [0.4, 0.5) is 5.69 Å². The standard InChI is InChI=1S/C20H21N3O3/c1-22(15-17-8-7-16-5-2-3-6-20(16)21-17)13-4-14-26-19-11-9-18(10-12-19)23(24)25/h2-3,5-12H,4,13-15H2,1H3. The lowest BCUT2D eigenvalue weighted by molar-refractivity contribution is -0.384. The third kappa shape index (κ3) is 4.77. The van der Waals surface area contributed by atoms with E-state index in [9.17, 15) is 10.1 Å². The van der Waals surface area contributed by atoms with E-state index in [0.717, 1.165) is 36.1 Å².